The van der Waals surface area contributed by atoms with Crippen LogP contribution in [0, 0.1) is 0 Å². The Morgan fingerprint density at radius 2 is 1.44 bits per heavy atom. The van der Waals surface area contributed by atoms with Gasteiger partial charge in [-0.15, -0.1) is 0 Å². The number of hydrogen-bond donors (Lipinski definition) is 2. The number of ether oxygens (including phenoxy) is 2. The molecule has 0 bridgehead atoms. The number of para-hydroxylation sites is 2. The van der Waals surface area contributed by atoms with Gasteiger partial charge in [-0.25, -0.2) is 0 Å². The summed E-state index contributed by atoms with van der Waals surface area (Å²) in [4.78, 5) is 30.4. The van der Waals surface area contributed by atoms with Gasteiger partial charge in [-0.05, 0) is 36.8 Å². The van der Waals surface area contributed by atoms with E-state index in [0.717, 1.165) is 56.1 Å². The number of methoxy groups -OCH3 is 2. The third-order valence-electron chi connectivity index (χ3n) is 7.67. The molecular formula is C33H50N4O4. The standard InChI is InChI=1S/C33H50N4O4/c1-4-5-6-7-8-9-10-11-12-17-32(38)35-27-18-19-29(28(26-27)33(39)34-20-25-40-2)36-21-23-37(24-22-36)30-15-13-14-16-31(30)41-3/h13-16,18-19,26H,4-12,17,20-25H2,1-3H3,(H,34,39)(H,35,38). The molecule has 0 radical (unpaired) electrons. The molecule has 8 heteroatoms. The van der Waals surface area contributed by atoms with Crippen LogP contribution in [0.2, 0.25) is 0 Å². The van der Waals surface area contributed by atoms with Gasteiger partial charge in [0.15, 0.2) is 0 Å². The number of hydrogen-bond acceptors (Lipinski definition) is 6. The Bertz CT molecular complexity index is 1070. The van der Waals surface area contributed by atoms with E-state index >= 15 is 0 Å². The molecule has 0 aromatic heterocycles. The number of nitrogens with zero attached hydrogens (tertiary/aromatic N) is 2. The van der Waals surface area contributed by atoms with Crippen LogP contribution in [0.25, 0.3) is 0 Å². The molecule has 0 aliphatic carbocycles. The normalized spacial score (nSPS) is 13.2. The summed E-state index contributed by atoms with van der Waals surface area (Å²) in [7, 11) is 3.31. The molecule has 1 fully saturated rings. The number of carbonyl (C=O) groups is 2. The molecular weight excluding hydrogens is 516 g/mol. The predicted molar refractivity (Wildman–Crippen MR) is 169 cm³/mol. The van der Waals surface area contributed by atoms with Crippen LogP contribution >= 0.6 is 0 Å². The highest BCUT2D eigenvalue weighted by Crippen LogP contribution is 2.31. The number of nitrogens with one attached hydrogen (secondary N) is 2. The Morgan fingerprint density at radius 3 is 2.10 bits per heavy atom. The summed E-state index contributed by atoms with van der Waals surface area (Å²) in [6.45, 7) is 6.25. The summed E-state index contributed by atoms with van der Waals surface area (Å²) in [6, 6.07) is 13.7. The molecule has 2 aromatic rings. The first kappa shape index (κ1) is 32.3. The maximum atomic E-state index is 13.2. The highest BCUT2D eigenvalue weighted by Gasteiger charge is 2.23. The van der Waals surface area contributed by atoms with E-state index in [1.54, 1.807) is 20.3 Å². The van der Waals surface area contributed by atoms with Crippen molar-refractivity contribution >= 4 is 28.9 Å². The van der Waals surface area contributed by atoms with Crippen LogP contribution in [0.1, 0.15) is 81.5 Å². The van der Waals surface area contributed by atoms with E-state index in [1.807, 2.05) is 30.3 Å². The molecule has 0 unspecified atom stereocenters. The van der Waals surface area contributed by atoms with Crippen molar-refractivity contribution in [3.05, 3.63) is 48.0 Å². The molecule has 0 saturated carbocycles. The van der Waals surface area contributed by atoms with Gasteiger partial charge in [-0.3, -0.25) is 9.59 Å². The van der Waals surface area contributed by atoms with Crippen LogP contribution in [-0.2, 0) is 9.53 Å². The summed E-state index contributed by atoms with van der Waals surface area (Å²) in [5.41, 5.74) is 3.17. The fourth-order valence-electron chi connectivity index (χ4n) is 5.33. The molecule has 2 aromatic carbocycles. The molecule has 8 nitrogen and oxygen atoms in total. The van der Waals surface area contributed by atoms with Gasteiger partial charge in [0.2, 0.25) is 5.91 Å². The quantitative estimate of drug-likeness (QED) is 0.207. The minimum absolute atomic E-state index is 0.00291. The molecule has 2 amide bonds. The highest BCUT2D eigenvalue weighted by molar-refractivity contribution is 6.02. The van der Waals surface area contributed by atoms with Crippen LogP contribution in [0.3, 0.4) is 0 Å². The zero-order chi connectivity index (χ0) is 29.3. The summed E-state index contributed by atoms with van der Waals surface area (Å²) >= 11 is 0. The number of amides is 2. The summed E-state index contributed by atoms with van der Waals surface area (Å²) < 4.78 is 10.7. The fourth-order valence-corrected chi connectivity index (χ4v) is 5.33. The van der Waals surface area contributed by atoms with Crippen molar-refractivity contribution in [2.45, 2.75) is 71.1 Å². The molecule has 3 rings (SSSR count). The van der Waals surface area contributed by atoms with Crippen molar-refractivity contribution in [1.29, 1.82) is 0 Å². The van der Waals surface area contributed by atoms with Crippen molar-refractivity contribution < 1.29 is 19.1 Å². The zero-order valence-corrected chi connectivity index (χ0v) is 25.4. The SMILES string of the molecule is CCCCCCCCCCCC(=O)Nc1ccc(N2CCN(c3ccccc3OC)CC2)c(C(=O)NCCOC)c1. The maximum Gasteiger partial charge on any atom is 0.253 e. The average Bonchev–Trinajstić information content (AvgIpc) is 3.00. The minimum atomic E-state index is -0.167. The van der Waals surface area contributed by atoms with Gasteiger partial charge < -0.3 is 29.9 Å². The molecule has 41 heavy (non-hydrogen) atoms. The fraction of sp³-hybridized carbons (Fsp3) is 0.576. The number of anilines is 3. The van der Waals surface area contributed by atoms with E-state index in [4.69, 9.17) is 9.47 Å². The lowest BCUT2D eigenvalue weighted by Crippen LogP contribution is -2.47. The lowest BCUT2D eigenvalue weighted by Gasteiger charge is -2.38. The first-order valence-corrected chi connectivity index (χ1v) is 15.4. The average molecular weight is 567 g/mol. The Balaban J connectivity index is 1.57. The highest BCUT2D eigenvalue weighted by atomic mass is 16.5. The molecule has 226 valence electrons. The Labute approximate surface area is 246 Å². The van der Waals surface area contributed by atoms with Crippen molar-refractivity contribution in [1.82, 2.24) is 5.32 Å². The van der Waals surface area contributed by atoms with Gasteiger partial charge in [0.25, 0.3) is 5.91 Å². The van der Waals surface area contributed by atoms with Gasteiger partial charge in [-0.1, -0.05) is 70.4 Å². The number of benzene rings is 2. The third kappa shape index (κ3) is 10.6. The van der Waals surface area contributed by atoms with Crippen molar-refractivity contribution in [2.24, 2.45) is 0 Å². The number of rotatable bonds is 18. The van der Waals surface area contributed by atoms with Gasteiger partial charge in [0.1, 0.15) is 5.75 Å². The third-order valence-corrected chi connectivity index (χ3v) is 7.67. The van der Waals surface area contributed by atoms with Gasteiger partial charge >= 0.3 is 0 Å². The Hall–Kier alpha value is -3.26. The van der Waals surface area contributed by atoms with E-state index in [9.17, 15) is 9.59 Å². The first-order chi connectivity index (χ1) is 20.1. The monoisotopic (exact) mass is 566 g/mol. The summed E-state index contributed by atoms with van der Waals surface area (Å²) in [6.07, 6.45) is 11.5. The van der Waals surface area contributed by atoms with Crippen molar-refractivity contribution in [3.63, 3.8) is 0 Å². The lowest BCUT2D eigenvalue weighted by atomic mass is 10.1. The molecule has 2 N–H and O–H groups in total. The van der Waals surface area contributed by atoms with E-state index in [1.165, 1.54) is 44.9 Å². The van der Waals surface area contributed by atoms with E-state index in [0.29, 0.717) is 30.8 Å². The Morgan fingerprint density at radius 1 is 0.805 bits per heavy atom. The minimum Gasteiger partial charge on any atom is -0.495 e. The van der Waals surface area contributed by atoms with Crippen molar-refractivity contribution in [2.75, 3.05) is 68.7 Å². The molecule has 1 aliphatic rings. The summed E-state index contributed by atoms with van der Waals surface area (Å²) in [5.74, 6) is 0.692. The second-order valence-corrected chi connectivity index (χ2v) is 10.8. The van der Waals surface area contributed by atoms with Crippen LogP contribution < -0.4 is 25.2 Å². The van der Waals surface area contributed by atoms with Crippen LogP contribution in [0.5, 0.6) is 5.75 Å². The van der Waals surface area contributed by atoms with E-state index in [2.05, 4.69) is 33.4 Å². The number of unbranched alkanes of at least 4 members (excludes halogenated alkanes) is 8. The summed E-state index contributed by atoms with van der Waals surface area (Å²) in [5, 5.41) is 5.97. The van der Waals surface area contributed by atoms with Gasteiger partial charge in [0, 0.05) is 57.6 Å². The number of piperazine rings is 1. The Kier molecular flexibility index (Phi) is 14.3. The molecule has 0 atom stereocenters. The second-order valence-electron chi connectivity index (χ2n) is 10.8. The van der Waals surface area contributed by atoms with Gasteiger partial charge in [-0.2, -0.15) is 0 Å². The van der Waals surface area contributed by atoms with E-state index in [-0.39, 0.29) is 11.8 Å². The molecule has 1 heterocycles. The topological polar surface area (TPSA) is 83.1 Å². The molecule has 1 aliphatic heterocycles. The smallest absolute Gasteiger partial charge is 0.253 e. The van der Waals surface area contributed by atoms with Crippen molar-refractivity contribution in [3.8, 4) is 5.75 Å². The molecule has 0 spiro atoms. The number of carbonyl (C=O) groups excluding carboxylic acids is 2. The van der Waals surface area contributed by atoms with E-state index < -0.39 is 0 Å². The van der Waals surface area contributed by atoms with Crippen LogP contribution in [0.4, 0.5) is 17.1 Å². The largest absolute Gasteiger partial charge is 0.495 e. The zero-order valence-electron chi connectivity index (χ0n) is 25.4. The lowest BCUT2D eigenvalue weighted by molar-refractivity contribution is -0.116. The van der Waals surface area contributed by atoms with Gasteiger partial charge in [0.05, 0.1) is 25.0 Å². The second kappa shape index (κ2) is 18.2. The van der Waals surface area contributed by atoms with Crippen LogP contribution in [-0.4, -0.2) is 65.4 Å². The maximum absolute atomic E-state index is 13.2. The van der Waals surface area contributed by atoms with Crippen LogP contribution in [0.15, 0.2) is 42.5 Å². The molecule has 1 saturated heterocycles. The predicted octanol–water partition coefficient (Wildman–Crippen LogP) is 6.26. The first-order valence-electron chi connectivity index (χ1n) is 15.4.